The van der Waals surface area contributed by atoms with E-state index in [-0.39, 0.29) is 5.96 Å². The van der Waals surface area contributed by atoms with E-state index in [1.54, 1.807) is 24.1 Å². The number of guanidine groups is 1. The van der Waals surface area contributed by atoms with Gasteiger partial charge in [-0.3, -0.25) is 0 Å². The van der Waals surface area contributed by atoms with Crippen LogP contribution in [0.4, 0.5) is 0 Å². The van der Waals surface area contributed by atoms with Crippen LogP contribution in [0.15, 0.2) is 29.4 Å². The van der Waals surface area contributed by atoms with Crippen molar-refractivity contribution in [3.05, 3.63) is 35.4 Å². The zero-order valence-corrected chi connectivity index (χ0v) is 8.51. The van der Waals surface area contributed by atoms with Crippen LogP contribution in [-0.4, -0.2) is 17.9 Å². The van der Waals surface area contributed by atoms with Crippen LogP contribution in [0, 0.1) is 11.3 Å². The van der Waals surface area contributed by atoms with Gasteiger partial charge in [-0.05, 0) is 17.7 Å². The smallest absolute Gasteiger partial charge is 0.213 e. The number of nitrogens with two attached hydrogens (primary N) is 2. The summed E-state index contributed by atoms with van der Waals surface area (Å²) in [6, 6.07) is 9.39. The normalized spacial score (nSPS) is 10.8. The third kappa shape index (κ3) is 2.88. The summed E-state index contributed by atoms with van der Waals surface area (Å²) >= 11 is 0. The summed E-state index contributed by atoms with van der Waals surface area (Å²) in [5, 5.41) is 12.1. The lowest BCUT2D eigenvalue weighted by Gasteiger charge is -2.16. The van der Waals surface area contributed by atoms with Gasteiger partial charge in [0, 0.05) is 13.6 Å². The van der Waals surface area contributed by atoms with Crippen molar-refractivity contribution in [3.8, 4) is 6.07 Å². The Morgan fingerprint density at radius 1 is 1.60 bits per heavy atom. The van der Waals surface area contributed by atoms with Gasteiger partial charge in [0.15, 0.2) is 0 Å². The van der Waals surface area contributed by atoms with E-state index in [2.05, 4.69) is 11.2 Å². The standard InChI is InChI=1S/C10H13N5/c1-15(10(12)14-13)7-9-4-2-3-8(5-9)6-11/h2-5H,7,13H2,1H3,(H2,12,14). The Morgan fingerprint density at radius 2 is 2.33 bits per heavy atom. The number of nitrogens with zero attached hydrogens (tertiary/aromatic N) is 3. The van der Waals surface area contributed by atoms with Crippen molar-refractivity contribution < 1.29 is 0 Å². The zero-order valence-electron chi connectivity index (χ0n) is 8.51. The van der Waals surface area contributed by atoms with Gasteiger partial charge in [-0.25, -0.2) is 0 Å². The quantitative estimate of drug-likeness (QED) is 0.310. The summed E-state index contributed by atoms with van der Waals surface area (Å²) in [6.07, 6.45) is 0. The Balaban J connectivity index is 2.77. The van der Waals surface area contributed by atoms with Crippen molar-refractivity contribution in [1.29, 1.82) is 5.26 Å². The van der Waals surface area contributed by atoms with Crippen LogP contribution in [0.3, 0.4) is 0 Å². The molecule has 15 heavy (non-hydrogen) atoms. The highest BCUT2D eigenvalue weighted by molar-refractivity contribution is 5.77. The highest BCUT2D eigenvalue weighted by atomic mass is 15.3. The molecule has 0 aliphatic heterocycles. The summed E-state index contributed by atoms with van der Waals surface area (Å²) in [6.45, 7) is 0.571. The highest BCUT2D eigenvalue weighted by Gasteiger charge is 2.02. The number of rotatable bonds is 2. The first kappa shape index (κ1) is 10.9. The Kier molecular flexibility index (Phi) is 3.52. The van der Waals surface area contributed by atoms with E-state index in [0.29, 0.717) is 12.1 Å². The molecule has 5 nitrogen and oxygen atoms in total. The van der Waals surface area contributed by atoms with Gasteiger partial charge >= 0.3 is 0 Å². The Labute approximate surface area is 88.6 Å². The molecule has 0 atom stereocenters. The molecular formula is C10H13N5. The predicted octanol–water partition coefficient (Wildman–Crippen LogP) is 0.178. The first-order valence-corrected chi connectivity index (χ1v) is 4.41. The summed E-state index contributed by atoms with van der Waals surface area (Å²) in [5.74, 6) is 5.31. The molecule has 0 spiro atoms. The SMILES string of the molecule is CN(Cc1cccc(C#N)c1)C(N)=NN. The van der Waals surface area contributed by atoms with Crippen LogP contribution in [0.1, 0.15) is 11.1 Å². The minimum Gasteiger partial charge on any atom is -0.368 e. The first-order valence-electron chi connectivity index (χ1n) is 4.41. The molecule has 0 heterocycles. The van der Waals surface area contributed by atoms with Crippen molar-refractivity contribution in [2.24, 2.45) is 16.7 Å². The van der Waals surface area contributed by atoms with Gasteiger partial charge in [0.25, 0.3) is 0 Å². The number of nitriles is 1. The van der Waals surface area contributed by atoms with Crippen LogP contribution in [0.5, 0.6) is 0 Å². The Hall–Kier alpha value is -2.22. The monoisotopic (exact) mass is 203 g/mol. The molecule has 1 aromatic carbocycles. The van der Waals surface area contributed by atoms with Crippen LogP contribution in [0.2, 0.25) is 0 Å². The third-order valence-corrected chi connectivity index (χ3v) is 2.00. The van der Waals surface area contributed by atoms with E-state index >= 15 is 0 Å². The van der Waals surface area contributed by atoms with Gasteiger partial charge in [0.2, 0.25) is 5.96 Å². The lowest BCUT2D eigenvalue weighted by atomic mass is 10.1. The van der Waals surface area contributed by atoms with Crippen molar-refractivity contribution >= 4 is 5.96 Å². The van der Waals surface area contributed by atoms with Gasteiger partial charge in [-0.15, -0.1) is 5.10 Å². The molecule has 5 heteroatoms. The minimum atomic E-state index is 0.261. The van der Waals surface area contributed by atoms with Crippen LogP contribution < -0.4 is 11.6 Å². The van der Waals surface area contributed by atoms with Gasteiger partial charge < -0.3 is 16.5 Å². The van der Waals surface area contributed by atoms with E-state index in [4.69, 9.17) is 16.8 Å². The molecule has 4 N–H and O–H groups in total. The molecule has 0 saturated heterocycles. The molecule has 0 bridgehead atoms. The Bertz CT molecular complexity index is 405. The topological polar surface area (TPSA) is 91.4 Å². The number of hydrazone groups is 1. The third-order valence-electron chi connectivity index (χ3n) is 2.00. The molecule has 1 aromatic rings. The van der Waals surface area contributed by atoms with Gasteiger partial charge in [-0.1, -0.05) is 12.1 Å². The highest BCUT2D eigenvalue weighted by Crippen LogP contribution is 2.06. The molecular weight excluding hydrogens is 190 g/mol. The lowest BCUT2D eigenvalue weighted by molar-refractivity contribution is 0.492. The van der Waals surface area contributed by atoms with Crippen LogP contribution >= 0.6 is 0 Å². The minimum absolute atomic E-state index is 0.261. The largest absolute Gasteiger partial charge is 0.368 e. The maximum atomic E-state index is 8.72. The summed E-state index contributed by atoms with van der Waals surface area (Å²) < 4.78 is 0. The van der Waals surface area contributed by atoms with E-state index in [0.717, 1.165) is 5.56 Å². The molecule has 0 aliphatic rings. The lowest BCUT2D eigenvalue weighted by Crippen LogP contribution is -2.34. The molecule has 0 unspecified atom stereocenters. The van der Waals surface area contributed by atoms with Gasteiger partial charge in [0.1, 0.15) is 0 Å². The fraction of sp³-hybridized carbons (Fsp3) is 0.200. The predicted molar refractivity (Wildman–Crippen MR) is 58.4 cm³/mol. The van der Waals surface area contributed by atoms with E-state index in [1.807, 2.05) is 12.1 Å². The number of hydrogen-bond donors (Lipinski definition) is 2. The average Bonchev–Trinajstić information content (AvgIpc) is 2.28. The molecule has 0 aliphatic carbocycles. The second kappa shape index (κ2) is 4.86. The maximum Gasteiger partial charge on any atom is 0.213 e. The van der Waals surface area contributed by atoms with Gasteiger partial charge in [-0.2, -0.15) is 5.26 Å². The summed E-state index contributed by atoms with van der Waals surface area (Å²) in [4.78, 5) is 1.70. The molecule has 78 valence electrons. The first-order chi connectivity index (χ1) is 7.17. The van der Waals surface area contributed by atoms with Crippen LogP contribution in [0.25, 0.3) is 0 Å². The molecule has 0 amide bonds. The van der Waals surface area contributed by atoms with E-state index in [1.165, 1.54) is 0 Å². The van der Waals surface area contributed by atoms with Crippen molar-refractivity contribution in [3.63, 3.8) is 0 Å². The Morgan fingerprint density at radius 3 is 2.93 bits per heavy atom. The zero-order chi connectivity index (χ0) is 11.3. The fourth-order valence-corrected chi connectivity index (χ4v) is 1.19. The number of hydrogen-bond acceptors (Lipinski definition) is 3. The molecule has 0 saturated carbocycles. The molecule has 0 aromatic heterocycles. The molecule has 0 fully saturated rings. The van der Waals surface area contributed by atoms with Gasteiger partial charge in [0.05, 0.1) is 11.6 Å². The number of benzene rings is 1. The van der Waals surface area contributed by atoms with Crippen molar-refractivity contribution in [1.82, 2.24) is 4.90 Å². The van der Waals surface area contributed by atoms with E-state index < -0.39 is 0 Å². The summed E-state index contributed by atoms with van der Waals surface area (Å²) in [7, 11) is 1.78. The second-order valence-corrected chi connectivity index (χ2v) is 3.16. The van der Waals surface area contributed by atoms with Crippen LogP contribution in [-0.2, 0) is 6.54 Å². The van der Waals surface area contributed by atoms with Crippen molar-refractivity contribution in [2.75, 3.05) is 7.05 Å². The maximum absolute atomic E-state index is 8.72. The van der Waals surface area contributed by atoms with E-state index in [9.17, 15) is 0 Å². The average molecular weight is 203 g/mol. The molecule has 1 rings (SSSR count). The molecule has 0 radical (unpaired) electrons. The fourth-order valence-electron chi connectivity index (χ4n) is 1.19. The second-order valence-electron chi connectivity index (χ2n) is 3.16. The summed E-state index contributed by atoms with van der Waals surface area (Å²) in [5.41, 5.74) is 7.14. The van der Waals surface area contributed by atoms with Crippen molar-refractivity contribution in [2.45, 2.75) is 6.54 Å².